The van der Waals surface area contributed by atoms with Crippen LogP contribution in [0.4, 0.5) is 0 Å². The maximum Gasteiger partial charge on any atom is 0.306 e. The molecule has 0 aliphatic heterocycles. The number of hydrogen-bond donors (Lipinski definition) is 0. The van der Waals surface area contributed by atoms with Crippen LogP contribution < -0.4 is 0 Å². The zero-order chi connectivity index (χ0) is 43.0. The number of allylic oxidation sites excluding steroid dienone is 20. The molecule has 0 bridgehead atoms. The molecule has 330 valence electrons. The summed E-state index contributed by atoms with van der Waals surface area (Å²) in [6.45, 7) is 6.13. The molecule has 0 amide bonds. The summed E-state index contributed by atoms with van der Waals surface area (Å²) in [4.78, 5) is 37.7. The van der Waals surface area contributed by atoms with Crippen molar-refractivity contribution in [2.75, 3.05) is 13.2 Å². The third-order valence-electron chi connectivity index (χ3n) is 9.07. The SMILES string of the molecule is CC\C=C/C=C\C=C/C=C\C=C/CCCC(=O)OC(COC(=O)CCCC/C=C\C/C=C\CC)COC(=O)CCCCCCCCCCC/C=C\C/C=C\C/C=C\CC. The van der Waals surface area contributed by atoms with Gasteiger partial charge in [-0.15, -0.1) is 0 Å². The molecule has 0 saturated carbocycles. The van der Waals surface area contributed by atoms with Crippen molar-refractivity contribution < 1.29 is 28.6 Å². The highest BCUT2D eigenvalue weighted by Gasteiger charge is 2.19. The second-order valence-electron chi connectivity index (χ2n) is 14.6. The van der Waals surface area contributed by atoms with Crippen LogP contribution in [0.25, 0.3) is 0 Å². The zero-order valence-electron chi connectivity index (χ0n) is 37.5. The molecule has 1 unspecified atom stereocenters. The Morgan fingerprint density at radius 2 is 0.712 bits per heavy atom. The van der Waals surface area contributed by atoms with Gasteiger partial charge in [-0.3, -0.25) is 14.4 Å². The molecular weight excluding hydrogens is 733 g/mol. The number of esters is 3. The predicted molar refractivity (Wildman–Crippen MR) is 251 cm³/mol. The largest absolute Gasteiger partial charge is 0.462 e. The first-order chi connectivity index (χ1) is 29.0. The first-order valence-electron chi connectivity index (χ1n) is 23.1. The Morgan fingerprint density at radius 3 is 1.22 bits per heavy atom. The van der Waals surface area contributed by atoms with Crippen LogP contribution in [0.1, 0.15) is 175 Å². The minimum atomic E-state index is -0.831. The van der Waals surface area contributed by atoms with Gasteiger partial charge in [0.2, 0.25) is 0 Å². The summed E-state index contributed by atoms with van der Waals surface area (Å²) in [6.07, 6.45) is 63.5. The van der Waals surface area contributed by atoms with E-state index in [9.17, 15) is 14.4 Å². The van der Waals surface area contributed by atoms with Crippen LogP contribution in [-0.2, 0) is 28.6 Å². The minimum absolute atomic E-state index is 0.124. The van der Waals surface area contributed by atoms with Gasteiger partial charge in [0.15, 0.2) is 6.10 Å². The smallest absolute Gasteiger partial charge is 0.306 e. The van der Waals surface area contributed by atoms with Gasteiger partial charge in [0.05, 0.1) is 0 Å². The van der Waals surface area contributed by atoms with Gasteiger partial charge in [0.1, 0.15) is 13.2 Å². The summed E-state index contributed by atoms with van der Waals surface area (Å²) >= 11 is 0. The van der Waals surface area contributed by atoms with E-state index in [2.05, 4.69) is 87.6 Å². The fraction of sp³-hybridized carbons (Fsp3) is 0.566. The lowest BCUT2D eigenvalue weighted by atomic mass is 10.1. The number of hydrogen-bond acceptors (Lipinski definition) is 6. The summed E-state index contributed by atoms with van der Waals surface area (Å²) < 4.78 is 16.6. The monoisotopic (exact) mass is 815 g/mol. The van der Waals surface area contributed by atoms with E-state index in [0.717, 1.165) is 83.5 Å². The average molecular weight is 815 g/mol. The van der Waals surface area contributed by atoms with Crippen LogP contribution >= 0.6 is 0 Å². The van der Waals surface area contributed by atoms with E-state index in [4.69, 9.17) is 14.2 Å². The molecule has 0 aromatic rings. The summed E-state index contributed by atoms with van der Waals surface area (Å²) in [5, 5.41) is 0. The second-order valence-corrected chi connectivity index (χ2v) is 14.6. The molecule has 6 nitrogen and oxygen atoms in total. The van der Waals surface area contributed by atoms with Gasteiger partial charge < -0.3 is 14.2 Å². The standard InChI is InChI=1S/C53H82O6/c1-4-7-10-13-16-19-21-23-24-25-26-27-28-30-31-34-37-40-43-46-52(55)58-49-50(48-57-51(54)45-42-39-36-33-18-15-12-9-6-3)59-53(56)47-44-41-38-35-32-29-22-20-17-14-11-8-5-2/h7-12,14,16-20,22-24,29,32-33,35,38,50H,4-6,13,15,21,25-28,30-31,34,36-37,39-49H2,1-3H3/b10-7-,11-8-,12-9-,17-14-,19-16-,22-20-,24-23-,32-29-,33-18-,38-35-. The molecule has 1 atom stereocenters. The van der Waals surface area contributed by atoms with E-state index in [-0.39, 0.29) is 31.6 Å². The summed E-state index contributed by atoms with van der Waals surface area (Å²) in [5.41, 5.74) is 0. The number of rotatable bonds is 39. The third-order valence-corrected chi connectivity index (χ3v) is 9.07. The maximum atomic E-state index is 12.7. The lowest BCUT2D eigenvalue weighted by Gasteiger charge is -2.18. The molecule has 0 N–H and O–H groups in total. The van der Waals surface area contributed by atoms with Gasteiger partial charge in [0, 0.05) is 19.3 Å². The molecule has 0 aliphatic rings. The van der Waals surface area contributed by atoms with Crippen molar-refractivity contribution in [3.8, 4) is 0 Å². The maximum absolute atomic E-state index is 12.7. The first-order valence-corrected chi connectivity index (χ1v) is 23.1. The van der Waals surface area contributed by atoms with Gasteiger partial charge in [0.25, 0.3) is 0 Å². The fourth-order valence-electron chi connectivity index (χ4n) is 5.70. The van der Waals surface area contributed by atoms with E-state index in [1.165, 1.54) is 38.5 Å². The molecule has 0 saturated heterocycles. The Balaban J connectivity index is 4.45. The van der Waals surface area contributed by atoms with Crippen LogP contribution in [0.15, 0.2) is 122 Å². The van der Waals surface area contributed by atoms with Crippen LogP contribution in [0.5, 0.6) is 0 Å². The minimum Gasteiger partial charge on any atom is -0.462 e. The number of unbranched alkanes of at least 4 members (excludes halogenated alkanes) is 12. The summed E-state index contributed by atoms with van der Waals surface area (Å²) in [7, 11) is 0. The quantitative estimate of drug-likeness (QED) is 0.0202. The van der Waals surface area contributed by atoms with Crippen LogP contribution in [-0.4, -0.2) is 37.2 Å². The highest BCUT2D eigenvalue weighted by molar-refractivity contribution is 5.71. The second kappa shape index (κ2) is 46.5. The van der Waals surface area contributed by atoms with Gasteiger partial charge in [-0.05, 0) is 89.9 Å². The zero-order valence-corrected chi connectivity index (χ0v) is 37.5. The van der Waals surface area contributed by atoms with E-state index in [0.29, 0.717) is 25.7 Å². The first kappa shape index (κ1) is 54.8. The van der Waals surface area contributed by atoms with Gasteiger partial charge >= 0.3 is 17.9 Å². The molecule has 0 heterocycles. The van der Waals surface area contributed by atoms with Crippen LogP contribution in [0.2, 0.25) is 0 Å². The van der Waals surface area contributed by atoms with Crippen molar-refractivity contribution in [3.05, 3.63) is 122 Å². The Kier molecular flexibility index (Phi) is 43.2. The molecule has 0 aromatic carbocycles. The predicted octanol–water partition coefficient (Wildman–Crippen LogP) is 15.0. The Hall–Kier alpha value is -4.19. The molecule has 6 heteroatoms. The molecule has 0 rings (SSSR count). The Bertz CT molecular complexity index is 1300. The van der Waals surface area contributed by atoms with Crippen molar-refractivity contribution >= 4 is 17.9 Å². The molecule has 0 aliphatic carbocycles. The van der Waals surface area contributed by atoms with Crippen molar-refractivity contribution in [3.63, 3.8) is 0 Å². The Morgan fingerprint density at radius 1 is 0.356 bits per heavy atom. The normalized spacial score (nSPS) is 13.2. The Labute approximate surface area is 361 Å². The van der Waals surface area contributed by atoms with Crippen LogP contribution in [0.3, 0.4) is 0 Å². The van der Waals surface area contributed by atoms with Crippen molar-refractivity contribution in [1.29, 1.82) is 0 Å². The molecule has 59 heavy (non-hydrogen) atoms. The van der Waals surface area contributed by atoms with E-state index < -0.39 is 12.1 Å². The van der Waals surface area contributed by atoms with Crippen molar-refractivity contribution in [2.45, 2.75) is 181 Å². The highest BCUT2D eigenvalue weighted by Crippen LogP contribution is 2.13. The highest BCUT2D eigenvalue weighted by atomic mass is 16.6. The summed E-state index contributed by atoms with van der Waals surface area (Å²) in [6, 6.07) is 0. The van der Waals surface area contributed by atoms with Crippen molar-refractivity contribution in [1.82, 2.24) is 0 Å². The molecule has 0 spiro atoms. The number of carbonyl (C=O) groups is 3. The topological polar surface area (TPSA) is 78.9 Å². The van der Waals surface area contributed by atoms with Crippen LogP contribution in [0, 0.1) is 0 Å². The average Bonchev–Trinajstić information content (AvgIpc) is 3.23. The van der Waals surface area contributed by atoms with Gasteiger partial charge in [-0.1, -0.05) is 187 Å². The van der Waals surface area contributed by atoms with E-state index >= 15 is 0 Å². The summed E-state index contributed by atoms with van der Waals surface area (Å²) in [5.74, 6) is -1.06. The molecule has 0 aromatic heterocycles. The lowest BCUT2D eigenvalue weighted by molar-refractivity contribution is -0.167. The van der Waals surface area contributed by atoms with Gasteiger partial charge in [-0.2, -0.15) is 0 Å². The fourth-order valence-corrected chi connectivity index (χ4v) is 5.70. The lowest BCUT2D eigenvalue weighted by Crippen LogP contribution is -2.30. The molecule has 0 fully saturated rings. The number of ether oxygens (including phenoxy) is 3. The number of carbonyl (C=O) groups excluding carboxylic acids is 3. The third kappa shape index (κ3) is 44.8. The van der Waals surface area contributed by atoms with E-state index in [1.807, 2.05) is 54.7 Å². The van der Waals surface area contributed by atoms with Crippen molar-refractivity contribution in [2.24, 2.45) is 0 Å². The van der Waals surface area contributed by atoms with E-state index in [1.54, 1.807) is 0 Å². The van der Waals surface area contributed by atoms with Gasteiger partial charge in [-0.25, -0.2) is 0 Å². The molecular formula is C53H82O6. The molecule has 0 radical (unpaired) electrons.